The molecule has 2 heterocycles. The van der Waals surface area contributed by atoms with Gasteiger partial charge in [-0.25, -0.2) is 9.97 Å². The minimum atomic E-state index is -0.314. The van der Waals surface area contributed by atoms with Gasteiger partial charge in [0.05, 0.1) is 13.2 Å². The predicted molar refractivity (Wildman–Crippen MR) is 127 cm³/mol. The number of rotatable bonds is 6. The van der Waals surface area contributed by atoms with Crippen molar-refractivity contribution in [1.29, 1.82) is 0 Å². The Kier molecular flexibility index (Phi) is 7.38. The van der Waals surface area contributed by atoms with E-state index in [1.54, 1.807) is 24.9 Å². The van der Waals surface area contributed by atoms with E-state index in [0.29, 0.717) is 12.1 Å². The summed E-state index contributed by atoms with van der Waals surface area (Å²) in [4.78, 5) is 24.1. The molecule has 0 atom stereocenters. The van der Waals surface area contributed by atoms with Crippen molar-refractivity contribution in [2.24, 2.45) is 0 Å². The number of benzene rings is 2. The quantitative estimate of drug-likeness (QED) is 0.458. The van der Waals surface area contributed by atoms with Gasteiger partial charge in [-0.2, -0.15) is 0 Å². The molecule has 0 radical (unpaired) electrons. The van der Waals surface area contributed by atoms with Crippen LogP contribution < -0.4 is 10.2 Å². The average molecular weight is 445 g/mol. The Labute approximate surface area is 192 Å². The Morgan fingerprint density at radius 1 is 1.09 bits per heavy atom. The molecule has 2 aromatic carbocycles. The van der Waals surface area contributed by atoms with E-state index in [1.807, 2.05) is 30.3 Å². The molecule has 32 heavy (non-hydrogen) atoms. The third-order valence-corrected chi connectivity index (χ3v) is 5.87. The van der Waals surface area contributed by atoms with Gasteiger partial charge in [-0.1, -0.05) is 29.8 Å². The fraction of sp³-hybridized carbons (Fsp3) is 0.240. The Hall–Kier alpha value is -3.34. The summed E-state index contributed by atoms with van der Waals surface area (Å²) < 4.78 is 5.43. The zero-order valence-electron chi connectivity index (χ0n) is 17.9. The topological polar surface area (TPSA) is 67.4 Å². The molecule has 0 spiro atoms. The molecule has 162 valence electrons. The molecule has 1 aliphatic heterocycles. The van der Waals surface area contributed by atoms with E-state index in [2.05, 4.69) is 51.3 Å². The third kappa shape index (κ3) is 6.10. The fourth-order valence-electron chi connectivity index (χ4n) is 3.35. The lowest BCUT2D eigenvalue weighted by atomic mass is 10.1. The molecule has 1 saturated heterocycles. The van der Waals surface area contributed by atoms with Crippen LogP contribution in [0.1, 0.15) is 18.3 Å². The summed E-state index contributed by atoms with van der Waals surface area (Å²) >= 11 is 1.56. The number of hydrogen-bond acceptors (Lipinski definition) is 6. The zero-order valence-corrected chi connectivity index (χ0v) is 18.7. The summed E-state index contributed by atoms with van der Waals surface area (Å²) in [7, 11) is 0. The Bertz CT molecular complexity index is 1120. The summed E-state index contributed by atoms with van der Waals surface area (Å²) in [5, 5.41) is 3.62. The maximum absolute atomic E-state index is 11.6. The van der Waals surface area contributed by atoms with E-state index in [-0.39, 0.29) is 5.91 Å². The standard InChI is InChI=1S/C25H24N4O2S/c1-2-3-24(30)27-20-6-10-22(11-7-20)32-25-12-13-26-23(28-25)18-19-4-8-21(9-5-19)29-14-16-31-17-15-29/h4-13H,14-18H2,1H3,(H,27,30). The molecule has 7 heteroatoms. The van der Waals surface area contributed by atoms with Crippen molar-refractivity contribution in [3.05, 3.63) is 72.2 Å². The molecule has 0 aliphatic carbocycles. The average Bonchev–Trinajstić information content (AvgIpc) is 2.82. The van der Waals surface area contributed by atoms with Gasteiger partial charge in [0.15, 0.2) is 0 Å². The molecular formula is C25H24N4O2S. The van der Waals surface area contributed by atoms with Gasteiger partial charge in [0.25, 0.3) is 5.91 Å². The highest BCUT2D eigenvalue weighted by Crippen LogP contribution is 2.27. The van der Waals surface area contributed by atoms with E-state index < -0.39 is 0 Å². The summed E-state index contributed by atoms with van der Waals surface area (Å²) in [5.41, 5.74) is 3.12. The lowest BCUT2D eigenvalue weighted by Crippen LogP contribution is -2.36. The van der Waals surface area contributed by atoms with Crippen LogP contribution in [0.5, 0.6) is 0 Å². The molecule has 1 aliphatic rings. The molecule has 4 rings (SSSR count). The number of carbonyl (C=O) groups excluding carboxylic acids is 1. The highest BCUT2D eigenvalue weighted by molar-refractivity contribution is 7.99. The highest BCUT2D eigenvalue weighted by atomic mass is 32.2. The number of nitrogens with one attached hydrogen (secondary N) is 1. The Morgan fingerprint density at radius 3 is 2.56 bits per heavy atom. The normalized spacial score (nSPS) is 13.2. The van der Waals surface area contributed by atoms with Crippen LogP contribution in [0.25, 0.3) is 0 Å². The van der Waals surface area contributed by atoms with Crippen LogP contribution in [0.3, 0.4) is 0 Å². The van der Waals surface area contributed by atoms with Gasteiger partial charge in [0, 0.05) is 42.0 Å². The second-order valence-corrected chi connectivity index (χ2v) is 8.30. The summed E-state index contributed by atoms with van der Waals surface area (Å²) in [5.74, 6) is 5.52. The zero-order chi connectivity index (χ0) is 22.2. The molecule has 0 unspecified atom stereocenters. The van der Waals surface area contributed by atoms with Gasteiger partial charge in [-0.05, 0) is 60.9 Å². The number of amides is 1. The first-order valence-electron chi connectivity index (χ1n) is 10.4. The molecule has 1 N–H and O–H groups in total. The summed E-state index contributed by atoms with van der Waals surface area (Å²) in [6, 6.07) is 18.1. The minimum Gasteiger partial charge on any atom is -0.378 e. The van der Waals surface area contributed by atoms with Crippen LogP contribution in [0.2, 0.25) is 0 Å². The van der Waals surface area contributed by atoms with Gasteiger partial charge in [0.1, 0.15) is 10.9 Å². The number of carbonyl (C=O) groups is 1. The van der Waals surface area contributed by atoms with E-state index in [0.717, 1.165) is 42.0 Å². The van der Waals surface area contributed by atoms with Crippen molar-refractivity contribution in [1.82, 2.24) is 9.97 Å². The van der Waals surface area contributed by atoms with Crippen molar-refractivity contribution in [3.63, 3.8) is 0 Å². The van der Waals surface area contributed by atoms with Crippen molar-refractivity contribution in [2.75, 3.05) is 36.5 Å². The maximum atomic E-state index is 11.6. The molecule has 6 nitrogen and oxygen atoms in total. The van der Waals surface area contributed by atoms with Gasteiger partial charge in [-0.15, -0.1) is 0 Å². The molecule has 1 aromatic heterocycles. The van der Waals surface area contributed by atoms with Crippen molar-refractivity contribution in [2.45, 2.75) is 23.3 Å². The summed E-state index contributed by atoms with van der Waals surface area (Å²) in [6.07, 6.45) is 2.48. The largest absolute Gasteiger partial charge is 0.378 e. The van der Waals surface area contributed by atoms with E-state index in [4.69, 9.17) is 9.72 Å². The van der Waals surface area contributed by atoms with Crippen LogP contribution in [0.15, 0.2) is 70.7 Å². The SMILES string of the molecule is CC#CC(=O)Nc1ccc(Sc2ccnc(Cc3ccc(N4CCOCC4)cc3)n2)cc1. The number of anilines is 2. The second-order valence-electron chi connectivity index (χ2n) is 7.21. The smallest absolute Gasteiger partial charge is 0.300 e. The van der Waals surface area contributed by atoms with Gasteiger partial charge in [0.2, 0.25) is 0 Å². The van der Waals surface area contributed by atoms with Crippen LogP contribution in [0.4, 0.5) is 11.4 Å². The van der Waals surface area contributed by atoms with Gasteiger partial charge >= 0.3 is 0 Å². The Morgan fingerprint density at radius 2 is 1.84 bits per heavy atom. The predicted octanol–water partition coefficient (Wildman–Crippen LogP) is 4.02. The number of hydrogen-bond donors (Lipinski definition) is 1. The lowest BCUT2D eigenvalue weighted by Gasteiger charge is -2.28. The van der Waals surface area contributed by atoms with E-state index in [1.165, 1.54) is 11.3 Å². The molecule has 0 saturated carbocycles. The van der Waals surface area contributed by atoms with Crippen LogP contribution in [0, 0.1) is 11.8 Å². The summed E-state index contributed by atoms with van der Waals surface area (Å²) in [6.45, 7) is 5.07. The van der Waals surface area contributed by atoms with Crippen LogP contribution in [-0.4, -0.2) is 42.2 Å². The molecule has 0 bridgehead atoms. The molecule has 1 fully saturated rings. The molecule has 1 amide bonds. The van der Waals surface area contributed by atoms with E-state index in [9.17, 15) is 4.79 Å². The van der Waals surface area contributed by atoms with Crippen molar-refractivity contribution in [3.8, 4) is 11.8 Å². The third-order valence-electron chi connectivity index (χ3n) is 4.93. The second kappa shape index (κ2) is 10.8. The highest BCUT2D eigenvalue weighted by Gasteiger charge is 2.11. The van der Waals surface area contributed by atoms with Gasteiger partial charge in [-0.3, -0.25) is 4.79 Å². The Balaban J connectivity index is 1.37. The number of morpholine rings is 1. The first-order valence-corrected chi connectivity index (χ1v) is 11.3. The maximum Gasteiger partial charge on any atom is 0.300 e. The number of aromatic nitrogens is 2. The lowest BCUT2D eigenvalue weighted by molar-refractivity contribution is -0.111. The van der Waals surface area contributed by atoms with Crippen molar-refractivity contribution < 1.29 is 9.53 Å². The van der Waals surface area contributed by atoms with Crippen LogP contribution >= 0.6 is 11.8 Å². The molecule has 3 aromatic rings. The first kappa shape index (κ1) is 21.9. The monoisotopic (exact) mass is 444 g/mol. The van der Waals surface area contributed by atoms with E-state index >= 15 is 0 Å². The van der Waals surface area contributed by atoms with Crippen LogP contribution in [-0.2, 0) is 16.0 Å². The number of ether oxygens (including phenoxy) is 1. The number of nitrogens with zero attached hydrogens (tertiary/aromatic N) is 3. The first-order chi connectivity index (χ1) is 15.7. The minimum absolute atomic E-state index is 0.314. The van der Waals surface area contributed by atoms with Crippen molar-refractivity contribution >= 4 is 29.0 Å². The fourth-order valence-corrected chi connectivity index (χ4v) is 4.15. The molecular weight excluding hydrogens is 420 g/mol. The van der Waals surface area contributed by atoms with Gasteiger partial charge < -0.3 is 15.0 Å².